The molecule has 1 saturated carbocycles. The van der Waals surface area contributed by atoms with E-state index in [9.17, 15) is 0 Å². The van der Waals surface area contributed by atoms with Crippen molar-refractivity contribution >= 4 is 0 Å². The molecule has 0 aromatic heterocycles. The van der Waals surface area contributed by atoms with Crippen LogP contribution in [-0.2, 0) is 9.47 Å². The Kier molecular flexibility index (Phi) is 7.87. The highest BCUT2D eigenvalue weighted by Crippen LogP contribution is 2.33. The van der Waals surface area contributed by atoms with Crippen molar-refractivity contribution < 1.29 is 9.47 Å². The monoisotopic (exact) mass is 252 g/mol. The van der Waals surface area contributed by atoms with Gasteiger partial charge in [0.1, 0.15) is 0 Å². The van der Waals surface area contributed by atoms with Crippen LogP contribution < -0.4 is 0 Å². The number of nitrogens with zero attached hydrogens (tertiary/aromatic N) is 1. The van der Waals surface area contributed by atoms with Crippen LogP contribution in [0.25, 0.3) is 0 Å². The molecule has 103 valence electrons. The molecule has 1 fully saturated rings. The summed E-state index contributed by atoms with van der Waals surface area (Å²) in [6, 6.07) is 0.435. The molecule has 1 aliphatic rings. The summed E-state index contributed by atoms with van der Waals surface area (Å²) in [7, 11) is 3.50. The molecule has 0 N–H and O–H groups in total. The molecule has 0 aliphatic heterocycles. The van der Waals surface area contributed by atoms with Crippen molar-refractivity contribution in [3.8, 4) is 0 Å². The molecule has 0 aromatic carbocycles. The molecule has 3 nitrogen and oxygen atoms in total. The third-order valence-corrected chi connectivity index (χ3v) is 3.22. The minimum absolute atomic E-state index is 0.435. The van der Waals surface area contributed by atoms with E-state index in [0.29, 0.717) is 12.0 Å². The fraction of sp³-hybridized carbons (Fsp3) is 0.667. The van der Waals surface area contributed by atoms with E-state index in [0.717, 1.165) is 26.3 Å². The third kappa shape index (κ3) is 4.87. The average Bonchev–Trinajstić information content (AvgIpc) is 2.85. The molecule has 1 unspecified atom stereocenters. The van der Waals surface area contributed by atoms with Crippen molar-refractivity contribution in [1.82, 2.24) is 4.90 Å². The first-order valence-corrected chi connectivity index (χ1v) is 6.64. The molecular formula is C15H26NO2. The second kappa shape index (κ2) is 8.89. The van der Waals surface area contributed by atoms with Gasteiger partial charge in [-0.25, -0.2) is 0 Å². The molecule has 18 heavy (non-hydrogen) atoms. The first-order valence-electron chi connectivity index (χ1n) is 6.64. The number of ether oxygens (including phenoxy) is 2. The zero-order chi connectivity index (χ0) is 13.4. The van der Waals surface area contributed by atoms with E-state index in [2.05, 4.69) is 44.4 Å². The molecule has 0 aromatic rings. The van der Waals surface area contributed by atoms with Crippen LogP contribution in [0.3, 0.4) is 0 Å². The van der Waals surface area contributed by atoms with E-state index in [-0.39, 0.29) is 0 Å². The molecule has 0 heterocycles. The van der Waals surface area contributed by atoms with Gasteiger partial charge in [0, 0.05) is 39.3 Å². The van der Waals surface area contributed by atoms with Crippen molar-refractivity contribution in [3.05, 3.63) is 31.6 Å². The van der Waals surface area contributed by atoms with E-state index in [1.807, 2.05) is 0 Å². The highest BCUT2D eigenvalue weighted by Gasteiger charge is 2.32. The van der Waals surface area contributed by atoms with Crippen molar-refractivity contribution in [2.24, 2.45) is 5.92 Å². The maximum absolute atomic E-state index is 5.22. The predicted octanol–water partition coefficient (Wildman–Crippen LogP) is 2.01. The average molecular weight is 252 g/mol. The van der Waals surface area contributed by atoms with Gasteiger partial charge in [-0.15, -0.1) is 0 Å². The summed E-state index contributed by atoms with van der Waals surface area (Å²) in [6.45, 7) is 7.93. The van der Waals surface area contributed by atoms with Gasteiger partial charge in [-0.1, -0.05) is 13.8 Å². The van der Waals surface area contributed by atoms with Gasteiger partial charge in [0.05, 0.1) is 13.2 Å². The lowest BCUT2D eigenvalue weighted by atomic mass is 9.87. The smallest absolute Gasteiger partial charge is 0.0589 e. The summed E-state index contributed by atoms with van der Waals surface area (Å²) in [5, 5.41) is 0. The highest BCUT2D eigenvalue weighted by molar-refractivity contribution is 5.39. The van der Waals surface area contributed by atoms with E-state index >= 15 is 0 Å². The van der Waals surface area contributed by atoms with Crippen LogP contribution >= 0.6 is 0 Å². The van der Waals surface area contributed by atoms with Crippen LogP contribution in [0.2, 0.25) is 0 Å². The van der Waals surface area contributed by atoms with Crippen LogP contribution in [0, 0.1) is 37.5 Å². The Morgan fingerprint density at radius 2 is 1.50 bits per heavy atom. The largest absolute Gasteiger partial charge is 0.383 e. The summed E-state index contributed by atoms with van der Waals surface area (Å²) in [5.74, 6) is 1.96. The minimum atomic E-state index is 0.435. The topological polar surface area (TPSA) is 21.7 Å². The third-order valence-electron chi connectivity index (χ3n) is 3.22. The van der Waals surface area contributed by atoms with Gasteiger partial charge < -0.3 is 9.47 Å². The van der Waals surface area contributed by atoms with Crippen LogP contribution in [0.4, 0.5) is 0 Å². The standard InChI is InChI=1S/C15H26NO2/c1-13(2)15(14-7-5-6-8-14)16(9-11-17-3)10-12-18-4/h5-8,13,15H,9-12H2,1-4H3. The van der Waals surface area contributed by atoms with Crippen LogP contribution in [0.5, 0.6) is 0 Å². The SMILES string of the molecule is COCCN(CCOC)C([C]1[CH][CH][CH][CH]1)C(C)C. The number of methoxy groups -OCH3 is 2. The minimum Gasteiger partial charge on any atom is -0.383 e. The van der Waals surface area contributed by atoms with Crippen LogP contribution in [0.1, 0.15) is 13.8 Å². The van der Waals surface area contributed by atoms with Crippen LogP contribution in [0.15, 0.2) is 0 Å². The lowest BCUT2D eigenvalue weighted by Gasteiger charge is -2.37. The normalized spacial score (nSPS) is 19.0. The molecular weight excluding hydrogens is 226 g/mol. The van der Waals surface area contributed by atoms with Crippen molar-refractivity contribution in [1.29, 1.82) is 0 Å². The molecule has 0 bridgehead atoms. The van der Waals surface area contributed by atoms with E-state index in [1.54, 1.807) is 14.2 Å². The van der Waals surface area contributed by atoms with Gasteiger partial charge in [0.15, 0.2) is 0 Å². The van der Waals surface area contributed by atoms with Gasteiger partial charge in [-0.3, -0.25) is 4.90 Å². The second-order valence-corrected chi connectivity index (χ2v) is 4.93. The lowest BCUT2D eigenvalue weighted by molar-refractivity contribution is 0.0790. The maximum Gasteiger partial charge on any atom is 0.0589 e. The Morgan fingerprint density at radius 1 is 1.00 bits per heavy atom. The Morgan fingerprint density at radius 3 is 1.89 bits per heavy atom. The van der Waals surface area contributed by atoms with Crippen molar-refractivity contribution in [2.45, 2.75) is 19.9 Å². The molecule has 0 saturated heterocycles. The quantitative estimate of drug-likeness (QED) is 0.626. The first kappa shape index (κ1) is 15.9. The lowest BCUT2D eigenvalue weighted by Crippen LogP contribution is -2.46. The molecule has 5 radical (unpaired) electrons. The number of hydrogen-bond donors (Lipinski definition) is 0. The Labute approximate surface area is 113 Å². The number of rotatable bonds is 9. The number of hydrogen-bond acceptors (Lipinski definition) is 3. The molecule has 1 rings (SSSR count). The van der Waals surface area contributed by atoms with Gasteiger partial charge >= 0.3 is 0 Å². The van der Waals surface area contributed by atoms with Gasteiger partial charge in [-0.05, 0) is 31.6 Å². The zero-order valence-electron chi connectivity index (χ0n) is 12.1. The summed E-state index contributed by atoms with van der Waals surface area (Å²) < 4.78 is 10.4. The second-order valence-electron chi connectivity index (χ2n) is 4.93. The fourth-order valence-corrected chi connectivity index (χ4v) is 2.41. The molecule has 3 heteroatoms. The fourth-order valence-electron chi connectivity index (χ4n) is 2.41. The summed E-state index contributed by atoms with van der Waals surface area (Å²) in [6.07, 6.45) is 8.62. The highest BCUT2D eigenvalue weighted by atomic mass is 16.5. The van der Waals surface area contributed by atoms with Gasteiger partial charge in [-0.2, -0.15) is 0 Å². The molecule has 0 spiro atoms. The predicted molar refractivity (Wildman–Crippen MR) is 74.4 cm³/mol. The molecule has 1 aliphatic carbocycles. The van der Waals surface area contributed by atoms with Crippen molar-refractivity contribution in [2.75, 3.05) is 40.5 Å². The first-order chi connectivity index (χ1) is 8.70. The molecule has 0 amide bonds. The van der Waals surface area contributed by atoms with E-state index < -0.39 is 0 Å². The van der Waals surface area contributed by atoms with Gasteiger partial charge in [0.2, 0.25) is 0 Å². The van der Waals surface area contributed by atoms with Crippen molar-refractivity contribution in [3.63, 3.8) is 0 Å². The molecule has 1 atom stereocenters. The Bertz CT molecular complexity index is 195. The summed E-state index contributed by atoms with van der Waals surface area (Å²) in [5.41, 5.74) is 0. The Balaban J connectivity index is 2.61. The van der Waals surface area contributed by atoms with Crippen LogP contribution in [-0.4, -0.2) is 51.5 Å². The Hall–Kier alpha value is -0.120. The van der Waals surface area contributed by atoms with E-state index in [4.69, 9.17) is 9.47 Å². The van der Waals surface area contributed by atoms with E-state index in [1.165, 1.54) is 5.92 Å². The summed E-state index contributed by atoms with van der Waals surface area (Å²) in [4.78, 5) is 2.45. The van der Waals surface area contributed by atoms with Gasteiger partial charge in [0.25, 0.3) is 0 Å². The maximum atomic E-state index is 5.22. The zero-order valence-corrected chi connectivity index (χ0v) is 12.1. The summed E-state index contributed by atoms with van der Waals surface area (Å²) >= 11 is 0.